The van der Waals surface area contributed by atoms with E-state index >= 15 is 0 Å². The number of thiazole rings is 1. The number of aliphatic hydroxyl groups is 3. The van der Waals surface area contributed by atoms with Crippen molar-refractivity contribution < 1.29 is 33.2 Å². The molecule has 1 saturated carbocycles. The Morgan fingerprint density at radius 2 is 1.83 bits per heavy atom. The number of aromatic nitrogens is 4. The minimum Gasteiger partial charge on any atom is -0.406 e. The zero-order chi connectivity index (χ0) is 30.3. The van der Waals surface area contributed by atoms with Gasteiger partial charge in [-0.25, -0.2) is 9.97 Å². The maximum atomic E-state index is 12.7. The summed E-state index contributed by atoms with van der Waals surface area (Å²) in [5.41, 5.74) is 4.04. The van der Waals surface area contributed by atoms with Gasteiger partial charge in [0, 0.05) is 18.7 Å². The predicted molar refractivity (Wildman–Crippen MR) is 152 cm³/mol. The molecule has 1 aromatic carbocycles. The molecule has 42 heavy (non-hydrogen) atoms. The van der Waals surface area contributed by atoms with Gasteiger partial charge in [-0.15, -0.1) is 24.5 Å². The fourth-order valence-corrected chi connectivity index (χ4v) is 6.42. The van der Waals surface area contributed by atoms with Crippen LogP contribution in [0.25, 0.3) is 20.8 Å². The van der Waals surface area contributed by atoms with Gasteiger partial charge in [-0.3, -0.25) is 4.98 Å². The molecule has 0 aliphatic heterocycles. The van der Waals surface area contributed by atoms with Crippen LogP contribution in [0.4, 0.5) is 24.9 Å². The summed E-state index contributed by atoms with van der Waals surface area (Å²) in [5, 5.41) is 37.9. The molecule has 5 rings (SSSR count). The lowest BCUT2D eigenvalue weighted by Crippen LogP contribution is -2.35. The van der Waals surface area contributed by atoms with E-state index in [-0.39, 0.29) is 18.3 Å². The molecular formula is C28H31F3N6O4S. The van der Waals surface area contributed by atoms with Gasteiger partial charge >= 0.3 is 6.36 Å². The van der Waals surface area contributed by atoms with Gasteiger partial charge in [0.25, 0.3) is 0 Å². The largest absolute Gasteiger partial charge is 0.573 e. The summed E-state index contributed by atoms with van der Waals surface area (Å²) >= 11 is 1.45. The summed E-state index contributed by atoms with van der Waals surface area (Å²) < 4.78 is 42.9. The number of nitrogens with one attached hydrogen (secondary N) is 2. The van der Waals surface area contributed by atoms with Crippen molar-refractivity contribution in [1.82, 2.24) is 19.9 Å². The van der Waals surface area contributed by atoms with E-state index < -0.39 is 36.6 Å². The molecule has 3 aromatic heterocycles. The van der Waals surface area contributed by atoms with Gasteiger partial charge < -0.3 is 30.7 Å². The number of alkyl halides is 3. The molecule has 0 amide bonds. The fourth-order valence-electron chi connectivity index (χ4n) is 5.31. The Balaban J connectivity index is 1.50. The topological polar surface area (TPSA) is 146 Å². The number of hydrogen-bond donors (Lipinski definition) is 5. The van der Waals surface area contributed by atoms with Crippen molar-refractivity contribution in [2.24, 2.45) is 5.92 Å². The number of aliphatic hydroxyl groups excluding tert-OH is 3. The van der Waals surface area contributed by atoms with Crippen molar-refractivity contribution in [3.05, 3.63) is 53.0 Å². The average molecular weight is 605 g/mol. The van der Waals surface area contributed by atoms with Crippen LogP contribution in [0.5, 0.6) is 5.75 Å². The first-order valence-electron chi connectivity index (χ1n) is 13.3. The zero-order valence-corrected chi connectivity index (χ0v) is 24.1. The smallest absolute Gasteiger partial charge is 0.406 e. The molecule has 14 heteroatoms. The highest BCUT2D eigenvalue weighted by Crippen LogP contribution is 2.39. The van der Waals surface area contributed by atoms with Crippen LogP contribution in [-0.2, 0) is 0 Å². The van der Waals surface area contributed by atoms with E-state index in [2.05, 4.69) is 25.3 Å². The molecule has 5 unspecified atom stereocenters. The first kappa shape index (κ1) is 29.9. The molecular weight excluding hydrogens is 573 g/mol. The number of hydrogen-bond acceptors (Lipinski definition) is 11. The Morgan fingerprint density at radius 1 is 1.07 bits per heavy atom. The van der Waals surface area contributed by atoms with Crippen molar-refractivity contribution in [1.29, 1.82) is 0 Å². The third-order valence-electron chi connectivity index (χ3n) is 7.44. The maximum Gasteiger partial charge on any atom is 0.573 e. The molecule has 0 bridgehead atoms. The van der Waals surface area contributed by atoms with Gasteiger partial charge in [0.2, 0.25) is 5.95 Å². The van der Waals surface area contributed by atoms with Gasteiger partial charge in [0.05, 0.1) is 39.8 Å². The van der Waals surface area contributed by atoms with Gasteiger partial charge in [-0.2, -0.15) is 4.98 Å². The molecule has 5 atom stereocenters. The van der Waals surface area contributed by atoms with Crippen LogP contribution < -0.4 is 15.4 Å². The Labute approximate surface area is 243 Å². The Hall–Kier alpha value is -3.59. The molecule has 224 valence electrons. The summed E-state index contributed by atoms with van der Waals surface area (Å²) in [7, 11) is 0. The molecule has 10 nitrogen and oxygen atoms in total. The predicted octanol–water partition coefficient (Wildman–Crippen LogP) is 4.66. The number of ether oxygens (including phenoxy) is 1. The minimum absolute atomic E-state index is 0.243. The van der Waals surface area contributed by atoms with Gasteiger partial charge in [0.1, 0.15) is 28.2 Å². The van der Waals surface area contributed by atoms with E-state index in [0.29, 0.717) is 34.1 Å². The number of fused-ring (bicyclic) bond motifs is 1. The lowest BCUT2D eigenvalue weighted by molar-refractivity contribution is -0.274. The molecule has 5 N–H and O–H groups in total. The summed E-state index contributed by atoms with van der Waals surface area (Å²) in [6, 6.07) is 5.01. The quantitative estimate of drug-likeness (QED) is 0.193. The number of anilines is 2. The van der Waals surface area contributed by atoms with Gasteiger partial charge in [-0.1, -0.05) is 6.07 Å². The average Bonchev–Trinajstić information content (AvgIpc) is 3.45. The lowest BCUT2D eigenvalue weighted by atomic mass is 10.0. The number of nitrogens with zero attached hydrogens (tertiary/aromatic N) is 4. The number of benzene rings is 1. The number of pyridine rings is 1. The Bertz CT molecular complexity index is 1600. The highest BCUT2D eigenvalue weighted by atomic mass is 32.1. The van der Waals surface area contributed by atoms with Crippen molar-refractivity contribution >= 4 is 33.3 Å². The first-order chi connectivity index (χ1) is 19.8. The van der Waals surface area contributed by atoms with Gasteiger partial charge in [0.15, 0.2) is 0 Å². The summed E-state index contributed by atoms with van der Waals surface area (Å²) in [4.78, 5) is 18.5. The normalized spacial score (nSPS) is 21.5. The van der Waals surface area contributed by atoms with Crippen LogP contribution in [0.15, 0.2) is 30.5 Å². The molecule has 1 aliphatic carbocycles. The van der Waals surface area contributed by atoms with Crippen LogP contribution in [0.3, 0.4) is 0 Å². The van der Waals surface area contributed by atoms with E-state index in [1.165, 1.54) is 23.5 Å². The van der Waals surface area contributed by atoms with Gasteiger partial charge in [-0.05, 0) is 63.4 Å². The third-order valence-corrected chi connectivity index (χ3v) is 8.48. The zero-order valence-electron chi connectivity index (χ0n) is 23.3. The number of rotatable bonds is 8. The van der Waals surface area contributed by atoms with E-state index in [4.69, 9.17) is 9.97 Å². The standard InChI is InChI=1S/C28H31F3N6O4S/c1-12-9-17(41-28(29,30)31)5-6-18(12)13(2)33-27-34-14(3)21(26-36-22-15(4)32-8-7-20(22)42-26)25(37-27)35-19-10-16(11-38)23(39)24(19)40/h5-9,13,16,19,23-24,38-40H,10-11H2,1-4H3,(H2,33,34,35,37). The SMILES string of the molecule is Cc1cc(OC(F)(F)F)ccc1C(C)Nc1nc(C)c(-c2nc3c(C)nccc3s2)c(NC2CC(CO)C(O)C2O)n1. The van der Waals surface area contributed by atoms with Crippen LogP contribution in [0, 0.1) is 26.7 Å². The van der Waals surface area contributed by atoms with E-state index in [1.54, 1.807) is 26.1 Å². The van der Waals surface area contributed by atoms with Crippen molar-refractivity contribution in [2.45, 2.75) is 64.8 Å². The monoisotopic (exact) mass is 604 g/mol. The van der Waals surface area contributed by atoms with E-state index in [1.807, 2.05) is 19.9 Å². The summed E-state index contributed by atoms with van der Waals surface area (Å²) in [5.74, 6) is -0.182. The van der Waals surface area contributed by atoms with Crippen molar-refractivity contribution in [2.75, 3.05) is 17.2 Å². The molecule has 0 spiro atoms. The third kappa shape index (κ3) is 6.11. The van der Waals surface area contributed by atoms with Crippen molar-refractivity contribution in [3.63, 3.8) is 0 Å². The molecule has 0 radical (unpaired) electrons. The highest BCUT2D eigenvalue weighted by molar-refractivity contribution is 7.21. The van der Waals surface area contributed by atoms with E-state index in [9.17, 15) is 28.5 Å². The second kappa shape index (κ2) is 11.6. The number of aryl methyl sites for hydroxylation is 3. The van der Waals surface area contributed by atoms with Crippen molar-refractivity contribution in [3.8, 4) is 16.3 Å². The highest BCUT2D eigenvalue weighted by Gasteiger charge is 2.41. The fraction of sp³-hybridized carbons (Fsp3) is 0.429. The van der Waals surface area contributed by atoms with E-state index in [0.717, 1.165) is 21.5 Å². The summed E-state index contributed by atoms with van der Waals surface area (Å²) in [6.07, 6.45) is -4.99. The molecule has 0 saturated heterocycles. The van der Waals surface area contributed by atoms with Crippen LogP contribution in [0.1, 0.15) is 41.9 Å². The minimum atomic E-state index is -4.78. The van der Waals surface area contributed by atoms with Crippen LogP contribution in [-0.4, -0.2) is 66.5 Å². The van der Waals surface area contributed by atoms with Crippen LogP contribution in [0.2, 0.25) is 0 Å². The molecule has 4 aromatic rings. The maximum absolute atomic E-state index is 12.7. The Morgan fingerprint density at radius 3 is 2.48 bits per heavy atom. The molecule has 3 heterocycles. The number of halogens is 3. The lowest BCUT2D eigenvalue weighted by Gasteiger charge is -2.22. The molecule has 1 fully saturated rings. The second-order valence-electron chi connectivity index (χ2n) is 10.5. The summed E-state index contributed by atoms with van der Waals surface area (Å²) in [6.45, 7) is 6.93. The second-order valence-corrected chi connectivity index (χ2v) is 11.5. The first-order valence-corrected chi connectivity index (χ1v) is 14.1. The molecule has 1 aliphatic rings. The Kier molecular flexibility index (Phi) is 8.25. The van der Waals surface area contributed by atoms with Crippen LogP contribution >= 0.6 is 11.3 Å².